The topological polar surface area (TPSA) is 69.4 Å². The van der Waals surface area contributed by atoms with Crippen LogP contribution in [0.2, 0.25) is 0 Å². The molecule has 0 aromatic heterocycles. The summed E-state index contributed by atoms with van der Waals surface area (Å²) in [5.41, 5.74) is 1.55. The van der Waals surface area contributed by atoms with Gasteiger partial charge in [-0.2, -0.15) is 0 Å². The summed E-state index contributed by atoms with van der Waals surface area (Å²) < 4.78 is 5.42. The van der Waals surface area contributed by atoms with E-state index in [2.05, 4.69) is 6.92 Å². The monoisotopic (exact) mass is 285 g/mol. The van der Waals surface area contributed by atoms with Gasteiger partial charge < -0.3 is 4.74 Å². The van der Waals surface area contributed by atoms with E-state index in [1.165, 1.54) is 29.8 Å². The van der Waals surface area contributed by atoms with E-state index in [1.54, 1.807) is 0 Å². The van der Waals surface area contributed by atoms with Gasteiger partial charge in [0.15, 0.2) is 12.4 Å². The van der Waals surface area contributed by atoms with Crippen molar-refractivity contribution in [2.75, 3.05) is 6.61 Å². The van der Waals surface area contributed by atoms with Gasteiger partial charge in [-0.15, -0.1) is 0 Å². The molecule has 0 bridgehead atoms. The molecule has 0 spiro atoms. The first-order chi connectivity index (χ1) is 10.1. The van der Waals surface area contributed by atoms with Gasteiger partial charge >= 0.3 is 0 Å². The Morgan fingerprint density at radius 3 is 2.24 bits per heavy atom. The van der Waals surface area contributed by atoms with Crippen LogP contribution in [0.5, 0.6) is 5.75 Å². The van der Waals surface area contributed by atoms with Gasteiger partial charge in [0, 0.05) is 17.7 Å². The number of benzene rings is 2. The van der Waals surface area contributed by atoms with Crippen LogP contribution in [0.15, 0.2) is 48.5 Å². The molecule has 5 nitrogen and oxygen atoms in total. The van der Waals surface area contributed by atoms with E-state index in [-0.39, 0.29) is 18.1 Å². The molecule has 0 aliphatic carbocycles. The summed E-state index contributed by atoms with van der Waals surface area (Å²) in [6, 6.07) is 13.0. The number of nitro benzene ring substituents is 1. The van der Waals surface area contributed by atoms with Crippen molar-refractivity contribution in [2.24, 2.45) is 0 Å². The molecule has 0 saturated carbocycles. The van der Waals surface area contributed by atoms with Crippen molar-refractivity contribution >= 4 is 11.5 Å². The van der Waals surface area contributed by atoms with Crippen molar-refractivity contribution in [3.05, 3.63) is 69.8 Å². The number of ketones is 1. The molecule has 0 aliphatic rings. The fraction of sp³-hybridized carbons (Fsp3) is 0.188. The Kier molecular flexibility index (Phi) is 4.66. The molecule has 0 heterocycles. The fourth-order valence-electron chi connectivity index (χ4n) is 1.82. The van der Waals surface area contributed by atoms with Crippen molar-refractivity contribution in [3.63, 3.8) is 0 Å². The predicted octanol–water partition coefficient (Wildman–Crippen LogP) is 3.42. The van der Waals surface area contributed by atoms with E-state index >= 15 is 0 Å². The Labute approximate surface area is 122 Å². The number of hydrogen-bond donors (Lipinski definition) is 0. The summed E-state index contributed by atoms with van der Waals surface area (Å²) in [4.78, 5) is 22.0. The van der Waals surface area contributed by atoms with Crippen molar-refractivity contribution in [1.29, 1.82) is 0 Å². The molecule has 0 N–H and O–H groups in total. The largest absolute Gasteiger partial charge is 0.485 e. The van der Waals surface area contributed by atoms with Gasteiger partial charge in [-0.3, -0.25) is 14.9 Å². The average molecular weight is 285 g/mol. The second-order valence-electron chi connectivity index (χ2n) is 4.51. The average Bonchev–Trinajstić information content (AvgIpc) is 2.53. The normalized spacial score (nSPS) is 10.1. The van der Waals surface area contributed by atoms with Crippen molar-refractivity contribution < 1.29 is 14.5 Å². The highest BCUT2D eigenvalue weighted by molar-refractivity contribution is 5.97. The zero-order valence-electron chi connectivity index (χ0n) is 11.6. The predicted molar refractivity (Wildman–Crippen MR) is 78.7 cm³/mol. The van der Waals surface area contributed by atoms with E-state index in [4.69, 9.17) is 4.74 Å². The molecule has 2 aromatic carbocycles. The Bertz CT molecular complexity index is 632. The molecule has 2 aromatic rings. The maximum atomic E-state index is 11.9. The number of Topliss-reactive ketones (excluding diaryl/α,β-unsaturated/α-hetero) is 1. The molecule has 0 atom stereocenters. The van der Waals surface area contributed by atoms with Crippen LogP contribution in [0.1, 0.15) is 22.8 Å². The highest BCUT2D eigenvalue weighted by Gasteiger charge is 2.10. The molecule has 5 heteroatoms. The van der Waals surface area contributed by atoms with Crippen LogP contribution in [0, 0.1) is 10.1 Å². The quantitative estimate of drug-likeness (QED) is 0.463. The molecule has 0 fully saturated rings. The van der Waals surface area contributed by atoms with Gasteiger partial charge in [0.25, 0.3) is 5.69 Å². The van der Waals surface area contributed by atoms with Crippen LogP contribution >= 0.6 is 0 Å². The molecular weight excluding hydrogens is 270 g/mol. The number of ether oxygens (including phenoxy) is 1. The molecular formula is C16H15NO4. The number of carbonyl (C=O) groups is 1. The molecule has 0 aliphatic heterocycles. The van der Waals surface area contributed by atoms with Gasteiger partial charge in [0.2, 0.25) is 0 Å². The summed E-state index contributed by atoms with van der Waals surface area (Å²) in [6.07, 6.45) is 0.946. The van der Waals surface area contributed by atoms with Crippen molar-refractivity contribution in [2.45, 2.75) is 13.3 Å². The second-order valence-corrected chi connectivity index (χ2v) is 4.51. The summed E-state index contributed by atoms with van der Waals surface area (Å²) >= 11 is 0. The Morgan fingerprint density at radius 2 is 1.71 bits per heavy atom. The van der Waals surface area contributed by atoms with Crippen LogP contribution in [0.25, 0.3) is 0 Å². The smallest absolute Gasteiger partial charge is 0.269 e. The number of nitro groups is 1. The van der Waals surface area contributed by atoms with E-state index in [0.29, 0.717) is 11.3 Å². The van der Waals surface area contributed by atoms with Crippen LogP contribution in [0.3, 0.4) is 0 Å². The number of hydrogen-bond acceptors (Lipinski definition) is 4. The molecule has 0 radical (unpaired) electrons. The lowest BCUT2D eigenvalue weighted by molar-refractivity contribution is -0.384. The third-order valence-electron chi connectivity index (χ3n) is 3.10. The Balaban J connectivity index is 1.95. The van der Waals surface area contributed by atoms with Gasteiger partial charge in [-0.1, -0.05) is 19.1 Å². The highest BCUT2D eigenvalue weighted by Crippen LogP contribution is 2.15. The van der Waals surface area contributed by atoms with Crippen LogP contribution in [-0.2, 0) is 6.42 Å². The summed E-state index contributed by atoms with van der Waals surface area (Å²) in [5, 5.41) is 10.5. The maximum absolute atomic E-state index is 11.9. The maximum Gasteiger partial charge on any atom is 0.269 e. The lowest BCUT2D eigenvalue weighted by atomic mass is 10.1. The van der Waals surface area contributed by atoms with E-state index in [9.17, 15) is 14.9 Å². The Morgan fingerprint density at radius 1 is 1.10 bits per heavy atom. The van der Waals surface area contributed by atoms with E-state index in [0.717, 1.165) is 6.42 Å². The minimum Gasteiger partial charge on any atom is -0.485 e. The first-order valence-electron chi connectivity index (χ1n) is 6.59. The number of aryl methyl sites for hydroxylation is 1. The van der Waals surface area contributed by atoms with Gasteiger partial charge in [-0.05, 0) is 36.2 Å². The molecule has 21 heavy (non-hydrogen) atoms. The molecule has 0 unspecified atom stereocenters. The minimum atomic E-state index is -0.500. The molecule has 0 saturated heterocycles. The standard InChI is InChI=1S/C16H15NO4/c1-2-12-3-9-15(10-4-12)21-11-16(18)13-5-7-14(8-6-13)17(19)20/h3-10H,2,11H2,1H3. The second kappa shape index (κ2) is 6.65. The summed E-state index contributed by atoms with van der Waals surface area (Å²) in [7, 11) is 0. The number of carbonyl (C=O) groups excluding carboxylic acids is 1. The highest BCUT2D eigenvalue weighted by atomic mass is 16.6. The lowest BCUT2D eigenvalue weighted by Gasteiger charge is -2.06. The van der Waals surface area contributed by atoms with Crippen LogP contribution < -0.4 is 4.74 Å². The summed E-state index contributed by atoms with van der Waals surface area (Å²) in [5.74, 6) is 0.409. The lowest BCUT2D eigenvalue weighted by Crippen LogP contribution is -2.11. The summed E-state index contributed by atoms with van der Waals surface area (Å²) in [6.45, 7) is 1.97. The molecule has 108 valence electrons. The van der Waals surface area contributed by atoms with Crippen molar-refractivity contribution in [1.82, 2.24) is 0 Å². The fourth-order valence-corrected chi connectivity index (χ4v) is 1.82. The van der Waals surface area contributed by atoms with Crippen molar-refractivity contribution in [3.8, 4) is 5.75 Å². The zero-order valence-corrected chi connectivity index (χ0v) is 11.6. The SMILES string of the molecule is CCc1ccc(OCC(=O)c2ccc([N+](=O)[O-])cc2)cc1. The van der Waals surface area contributed by atoms with Crippen LogP contribution in [-0.4, -0.2) is 17.3 Å². The number of nitrogens with zero attached hydrogens (tertiary/aromatic N) is 1. The number of rotatable bonds is 6. The minimum absolute atomic E-state index is 0.0392. The third-order valence-corrected chi connectivity index (χ3v) is 3.10. The Hall–Kier alpha value is -2.69. The first kappa shape index (κ1) is 14.7. The third kappa shape index (κ3) is 3.89. The van der Waals surface area contributed by atoms with Gasteiger partial charge in [0.05, 0.1) is 4.92 Å². The van der Waals surface area contributed by atoms with Gasteiger partial charge in [-0.25, -0.2) is 0 Å². The molecule has 0 amide bonds. The first-order valence-corrected chi connectivity index (χ1v) is 6.59. The van der Waals surface area contributed by atoms with E-state index in [1.807, 2.05) is 24.3 Å². The van der Waals surface area contributed by atoms with Crippen LogP contribution in [0.4, 0.5) is 5.69 Å². The van der Waals surface area contributed by atoms with E-state index < -0.39 is 4.92 Å². The zero-order chi connectivity index (χ0) is 15.2. The molecule has 2 rings (SSSR count). The number of non-ortho nitro benzene ring substituents is 1. The van der Waals surface area contributed by atoms with Gasteiger partial charge in [0.1, 0.15) is 5.75 Å².